The van der Waals surface area contributed by atoms with Gasteiger partial charge in [0, 0.05) is 25.2 Å². The van der Waals surface area contributed by atoms with Crippen LogP contribution in [0.1, 0.15) is 49.4 Å². The van der Waals surface area contributed by atoms with E-state index in [9.17, 15) is 9.90 Å². The van der Waals surface area contributed by atoms with E-state index in [1.807, 2.05) is 42.5 Å². The number of carbonyl (C=O) groups is 1. The minimum atomic E-state index is -0.821. The van der Waals surface area contributed by atoms with Gasteiger partial charge in [0.2, 0.25) is 5.91 Å². The van der Waals surface area contributed by atoms with Gasteiger partial charge in [-0.1, -0.05) is 36.4 Å². The van der Waals surface area contributed by atoms with E-state index < -0.39 is 5.60 Å². The summed E-state index contributed by atoms with van der Waals surface area (Å²) in [6.45, 7) is 4.09. The molecule has 1 aliphatic rings. The van der Waals surface area contributed by atoms with Gasteiger partial charge in [0.1, 0.15) is 5.60 Å². The number of benzene rings is 2. The number of anilines is 1. The lowest BCUT2D eigenvalue weighted by molar-refractivity contribution is -0.114. The first-order chi connectivity index (χ1) is 12.0. The molecule has 0 aliphatic heterocycles. The smallest absolute Gasteiger partial charge is 0.221 e. The van der Waals surface area contributed by atoms with E-state index in [2.05, 4.69) is 23.6 Å². The summed E-state index contributed by atoms with van der Waals surface area (Å²) in [4.78, 5) is 11.2. The van der Waals surface area contributed by atoms with E-state index in [0.29, 0.717) is 6.54 Å². The van der Waals surface area contributed by atoms with Crippen LogP contribution in [-0.2, 0) is 16.8 Å². The number of aliphatic hydroxyl groups is 1. The highest BCUT2D eigenvalue weighted by Crippen LogP contribution is 2.35. The van der Waals surface area contributed by atoms with E-state index in [1.54, 1.807) is 0 Å². The number of amides is 1. The van der Waals surface area contributed by atoms with Crippen LogP contribution in [-0.4, -0.2) is 17.6 Å². The molecule has 132 valence electrons. The van der Waals surface area contributed by atoms with Gasteiger partial charge >= 0.3 is 0 Å². The Morgan fingerprint density at radius 2 is 2.04 bits per heavy atom. The first-order valence-electron chi connectivity index (χ1n) is 8.90. The number of hydrogen-bond acceptors (Lipinski definition) is 3. The van der Waals surface area contributed by atoms with Gasteiger partial charge < -0.3 is 15.7 Å². The van der Waals surface area contributed by atoms with Gasteiger partial charge in [-0.3, -0.25) is 4.79 Å². The average molecular weight is 338 g/mol. The second-order valence-corrected chi connectivity index (χ2v) is 6.95. The number of carbonyl (C=O) groups excluding carboxylic acids is 1. The molecule has 2 aromatic carbocycles. The molecule has 1 aliphatic carbocycles. The first-order valence-corrected chi connectivity index (χ1v) is 8.90. The van der Waals surface area contributed by atoms with Crippen molar-refractivity contribution in [1.29, 1.82) is 0 Å². The Morgan fingerprint density at radius 3 is 2.84 bits per heavy atom. The molecule has 0 saturated heterocycles. The van der Waals surface area contributed by atoms with Crippen molar-refractivity contribution in [2.45, 2.75) is 44.8 Å². The molecular formula is C21H26N2O2. The molecule has 2 atom stereocenters. The lowest BCUT2D eigenvalue weighted by atomic mass is 9.79. The molecule has 25 heavy (non-hydrogen) atoms. The highest BCUT2D eigenvalue weighted by Gasteiger charge is 2.34. The summed E-state index contributed by atoms with van der Waals surface area (Å²) >= 11 is 0. The van der Waals surface area contributed by atoms with Crippen molar-refractivity contribution < 1.29 is 9.90 Å². The van der Waals surface area contributed by atoms with Crippen LogP contribution < -0.4 is 10.6 Å². The Bertz CT molecular complexity index is 759. The normalized spacial score (nSPS) is 20.6. The third-order valence-electron chi connectivity index (χ3n) is 4.96. The molecule has 1 amide bonds. The highest BCUT2D eigenvalue weighted by molar-refractivity contribution is 5.88. The minimum absolute atomic E-state index is 0.0758. The summed E-state index contributed by atoms with van der Waals surface area (Å²) in [5, 5.41) is 17.5. The quantitative estimate of drug-likeness (QED) is 0.782. The highest BCUT2D eigenvalue weighted by atomic mass is 16.3. The van der Waals surface area contributed by atoms with Crippen LogP contribution in [0.2, 0.25) is 0 Å². The van der Waals surface area contributed by atoms with Gasteiger partial charge in [-0.25, -0.2) is 0 Å². The van der Waals surface area contributed by atoms with Crippen molar-refractivity contribution >= 4 is 11.6 Å². The zero-order valence-corrected chi connectivity index (χ0v) is 14.9. The molecule has 0 bridgehead atoms. The van der Waals surface area contributed by atoms with Gasteiger partial charge in [-0.15, -0.1) is 0 Å². The van der Waals surface area contributed by atoms with Crippen LogP contribution in [0.4, 0.5) is 5.69 Å². The zero-order chi connectivity index (χ0) is 17.9. The molecular weight excluding hydrogens is 312 g/mol. The Kier molecular flexibility index (Phi) is 5.21. The second-order valence-electron chi connectivity index (χ2n) is 6.95. The standard InChI is InChI=1S/C21H26N2O2/c1-15(18-8-5-10-19(13-18)23-16(2)24)22-14-21(25)12-6-9-17-7-3-4-11-20(17)21/h3-5,7-8,10-11,13,15,22,25H,6,9,12,14H2,1-2H3,(H,23,24)/t15-,21-/m1/s1. The van der Waals surface area contributed by atoms with Crippen LogP contribution in [0, 0.1) is 0 Å². The Hall–Kier alpha value is -2.17. The van der Waals surface area contributed by atoms with Crippen LogP contribution in [0.25, 0.3) is 0 Å². The van der Waals surface area contributed by atoms with Crippen LogP contribution >= 0.6 is 0 Å². The second kappa shape index (κ2) is 7.38. The van der Waals surface area contributed by atoms with Crippen molar-refractivity contribution in [3.05, 3.63) is 65.2 Å². The maximum atomic E-state index is 11.2. The molecule has 0 unspecified atom stereocenters. The summed E-state index contributed by atoms with van der Waals surface area (Å²) in [5.74, 6) is -0.0779. The molecule has 0 heterocycles. The molecule has 2 aromatic rings. The lowest BCUT2D eigenvalue weighted by Gasteiger charge is -2.35. The van der Waals surface area contributed by atoms with E-state index in [1.165, 1.54) is 12.5 Å². The molecule has 4 heteroatoms. The van der Waals surface area contributed by atoms with E-state index in [-0.39, 0.29) is 11.9 Å². The fourth-order valence-electron chi connectivity index (χ4n) is 3.61. The molecule has 3 rings (SSSR count). The molecule has 0 radical (unpaired) electrons. The SMILES string of the molecule is CC(=O)Nc1cccc([C@@H](C)NC[C@]2(O)CCCc3ccccc32)c1. The summed E-state index contributed by atoms with van der Waals surface area (Å²) in [5.41, 5.74) is 3.35. The first kappa shape index (κ1) is 17.6. The van der Waals surface area contributed by atoms with Crippen LogP contribution in [0.5, 0.6) is 0 Å². The average Bonchev–Trinajstić information content (AvgIpc) is 2.60. The summed E-state index contributed by atoms with van der Waals surface area (Å²) in [6, 6.07) is 16.1. The fourth-order valence-corrected chi connectivity index (χ4v) is 3.61. The molecule has 0 fully saturated rings. The third-order valence-corrected chi connectivity index (χ3v) is 4.96. The topological polar surface area (TPSA) is 61.4 Å². The summed E-state index contributed by atoms with van der Waals surface area (Å²) in [6.07, 6.45) is 2.81. The predicted octanol–water partition coefficient (Wildman–Crippen LogP) is 3.52. The van der Waals surface area contributed by atoms with E-state index in [0.717, 1.165) is 36.1 Å². The number of hydrogen-bond donors (Lipinski definition) is 3. The van der Waals surface area contributed by atoms with Gasteiger partial charge in [0.05, 0.1) is 0 Å². The van der Waals surface area contributed by atoms with Gasteiger partial charge in [0.25, 0.3) is 0 Å². The minimum Gasteiger partial charge on any atom is -0.384 e. The zero-order valence-electron chi connectivity index (χ0n) is 14.9. The summed E-state index contributed by atoms with van der Waals surface area (Å²) in [7, 11) is 0. The Morgan fingerprint density at radius 1 is 1.24 bits per heavy atom. The molecule has 3 N–H and O–H groups in total. The Labute approximate surface area is 149 Å². The van der Waals surface area contributed by atoms with Crippen molar-refractivity contribution in [3.63, 3.8) is 0 Å². The number of fused-ring (bicyclic) bond motifs is 1. The fraction of sp³-hybridized carbons (Fsp3) is 0.381. The third kappa shape index (κ3) is 4.09. The Balaban J connectivity index is 1.70. The summed E-state index contributed by atoms with van der Waals surface area (Å²) < 4.78 is 0. The van der Waals surface area contributed by atoms with Crippen molar-refractivity contribution in [3.8, 4) is 0 Å². The van der Waals surface area contributed by atoms with E-state index >= 15 is 0 Å². The predicted molar refractivity (Wildman–Crippen MR) is 100 cm³/mol. The van der Waals surface area contributed by atoms with Gasteiger partial charge in [0.15, 0.2) is 0 Å². The van der Waals surface area contributed by atoms with Gasteiger partial charge in [-0.05, 0) is 55.0 Å². The number of rotatable bonds is 5. The maximum Gasteiger partial charge on any atom is 0.221 e. The monoisotopic (exact) mass is 338 g/mol. The van der Waals surface area contributed by atoms with E-state index in [4.69, 9.17) is 0 Å². The maximum absolute atomic E-state index is 11.2. The van der Waals surface area contributed by atoms with Crippen molar-refractivity contribution in [1.82, 2.24) is 5.32 Å². The lowest BCUT2D eigenvalue weighted by Crippen LogP contribution is -2.41. The van der Waals surface area contributed by atoms with Gasteiger partial charge in [-0.2, -0.15) is 0 Å². The van der Waals surface area contributed by atoms with Crippen LogP contribution in [0.15, 0.2) is 48.5 Å². The van der Waals surface area contributed by atoms with Crippen LogP contribution in [0.3, 0.4) is 0 Å². The molecule has 0 saturated carbocycles. The van der Waals surface area contributed by atoms with Crippen molar-refractivity contribution in [2.24, 2.45) is 0 Å². The van der Waals surface area contributed by atoms with Crippen molar-refractivity contribution in [2.75, 3.05) is 11.9 Å². The molecule has 0 aromatic heterocycles. The number of aryl methyl sites for hydroxylation is 1. The number of nitrogens with one attached hydrogen (secondary N) is 2. The molecule has 0 spiro atoms. The largest absolute Gasteiger partial charge is 0.384 e. The molecule has 4 nitrogen and oxygen atoms in total.